The number of anilines is 2. The molecule has 0 fully saturated rings. The van der Waals surface area contributed by atoms with Crippen molar-refractivity contribution in [1.29, 1.82) is 0 Å². The molecule has 3 aromatic rings. The van der Waals surface area contributed by atoms with E-state index in [0.717, 1.165) is 4.90 Å². The summed E-state index contributed by atoms with van der Waals surface area (Å²) in [6.45, 7) is 1.92. The lowest BCUT2D eigenvalue weighted by Crippen LogP contribution is -2.25. The van der Waals surface area contributed by atoms with Gasteiger partial charge < -0.3 is 15.7 Å². The number of thioether (sulfide) groups is 1. The van der Waals surface area contributed by atoms with Gasteiger partial charge in [-0.15, -0.1) is 11.8 Å². The summed E-state index contributed by atoms with van der Waals surface area (Å²) in [5.74, 6) is -1.35. The molecule has 1 heterocycles. The van der Waals surface area contributed by atoms with Crippen LogP contribution in [0.1, 0.15) is 34.1 Å². The van der Waals surface area contributed by atoms with Crippen LogP contribution in [-0.4, -0.2) is 33.1 Å². The predicted octanol–water partition coefficient (Wildman–Crippen LogP) is 4.54. The third-order valence-corrected chi connectivity index (χ3v) is 5.71. The summed E-state index contributed by atoms with van der Waals surface area (Å²) < 4.78 is 0. The van der Waals surface area contributed by atoms with E-state index in [4.69, 9.17) is 0 Å². The lowest BCUT2D eigenvalue weighted by molar-refractivity contribution is -0.115. The highest BCUT2D eigenvalue weighted by molar-refractivity contribution is 8.00. The second-order valence-electron chi connectivity index (χ2n) is 6.55. The van der Waals surface area contributed by atoms with Crippen molar-refractivity contribution in [2.75, 3.05) is 10.6 Å². The van der Waals surface area contributed by atoms with Crippen LogP contribution in [0.2, 0.25) is 0 Å². The number of hydrogen-bond acceptors (Lipinski definition) is 5. The quantitative estimate of drug-likeness (QED) is 0.448. The molecule has 1 atom stereocenters. The number of aromatic nitrogens is 1. The van der Waals surface area contributed by atoms with Crippen LogP contribution in [0.4, 0.5) is 11.5 Å². The van der Waals surface area contributed by atoms with E-state index in [9.17, 15) is 19.5 Å². The maximum atomic E-state index is 12.6. The number of carbonyl (C=O) groups excluding carboxylic acids is 2. The molecule has 0 spiro atoms. The zero-order chi connectivity index (χ0) is 22.2. The normalized spacial score (nSPS) is 11.4. The lowest BCUT2D eigenvalue weighted by Gasteiger charge is -2.15. The van der Waals surface area contributed by atoms with Crippen molar-refractivity contribution in [1.82, 2.24) is 4.98 Å². The largest absolute Gasteiger partial charge is 0.478 e. The Bertz CT molecular complexity index is 1090. The van der Waals surface area contributed by atoms with Crippen LogP contribution >= 0.6 is 11.8 Å². The summed E-state index contributed by atoms with van der Waals surface area (Å²) in [6, 6.07) is 18.4. The second-order valence-corrected chi connectivity index (χ2v) is 7.83. The van der Waals surface area contributed by atoms with E-state index >= 15 is 0 Å². The molecular formula is C23H21N3O4S. The molecule has 3 N–H and O–H groups in total. The molecule has 158 valence electrons. The molecule has 2 aromatic carbocycles. The molecule has 7 nitrogen and oxygen atoms in total. The Hall–Kier alpha value is -3.65. The minimum atomic E-state index is -1.17. The molecule has 31 heavy (non-hydrogen) atoms. The smallest absolute Gasteiger partial charge is 0.336 e. The maximum absolute atomic E-state index is 12.6. The zero-order valence-electron chi connectivity index (χ0n) is 16.7. The summed E-state index contributed by atoms with van der Waals surface area (Å²) in [7, 11) is 0. The Morgan fingerprint density at radius 1 is 0.968 bits per heavy atom. The molecule has 1 aromatic heterocycles. The van der Waals surface area contributed by atoms with Crippen LogP contribution in [0.15, 0.2) is 77.8 Å². The minimum Gasteiger partial charge on any atom is -0.478 e. The maximum Gasteiger partial charge on any atom is 0.336 e. The van der Waals surface area contributed by atoms with Gasteiger partial charge in [-0.2, -0.15) is 0 Å². The van der Waals surface area contributed by atoms with Crippen molar-refractivity contribution >= 4 is 41.1 Å². The number of aromatic carboxylic acids is 1. The van der Waals surface area contributed by atoms with Crippen molar-refractivity contribution in [3.63, 3.8) is 0 Å². The Balaban J connectivity index is 1.70. The van der Waals surface area contributed by atoms with Gasteiger partial charge in [-0.25, -0.2) is 9.78 Å². The summed E-state index contributed by atoms with van der Waals surface area (Å²) >= 11 is 1.38. The minimum absolute atomic E-state index is 0.0669. The SMILES string of the molecule is CCC(Sc1cccc(NC(=O)c2ccccc2C(=O)O)c1)C(=O)Nc1ccccn1. The van der Waals surface area contributed by atoms with Crippen LogP contribution in [0, 0.1) is 0 Å². The van der Waals surface area contributed by atoms with E-state index in [1.807, 2.05) is 13.0 Å². The van der Waals surface area contributed by atoms with Crippen LogP contribution in [-0.2, 0) is 4.79 Å². The third kappa shape index (κ3) is 5.93. The van der Waals surface area contributed by atoms with E-state index in [1.165, 1.54) is 23.9 Å². The first-order valence-electron chi connectivity index (χ1n) is 9.60. The van der Waals surface area contributed by atoms with Crippen LogP contribution in [0.25, 0.3) is 0 Å². The summed E-state index contributed by atoms with van der Waals surface area (Å²) in [5.41, 5.74) is 0.521. The number of carboxylic acids is 1. The van der Waals surface area contributed by atoms with Gasteiger partial charge >= 0.3 is 5.97 Å². The number of carbonyl (C=O) groups is 3. The van der Waals surface area contributed by atoms with Gasteiger partial charge in [0.15, 0.2) is 0 Å². The van der Waals surface area contributed by atoms with Crippen molar-refractivity contribution in [3.05, 3.63) is 84.1 Å². The fraction of sp³-hybridized carbons (Fsp3) is 0.130. The van der Waals surface area contributed by atoms with Gasteiger partial charge in [0.05, 0.1) is 16.4 Å². The van der Waals surface area contributed by atoms with Crippen molar-refractivity contribution < 1.29 is 19.5 Å². The molecule has 0 aliphatic rings. The lowest BCUT2D eigenvalue weighted by atomic mass is 10.1. The predicted molar refractivity (Wildman–Crippen MR) is 121 cm³/mol. The molecule has 0 saturated carbocycles. The summed E-state index contributed by atoms with van der Waals surface area (Å²) in [5, 5.41) is 14.5. The highest BCUT2D eigenvalue weighted by Crippen LogP contribution is 2.28. The number of carboxylic acid groups (broad SMARTS) is 1. The first kappa shape index (κ1) is 22.0. The first-order chi connectivity index (χ1) is 15.0. The van der Waals surface area contributed by atoms with Crippen LogP contribution in [0.3, 0.4) is 0 Å². The molecule has 0 bridgehead atoms. The standard InChI is InChI=1S/C23H21N3O4S/c1-2-19(22(28)26-20-12-5-6-13-24-20)31-16-9-7-8-15(14-16)25-21(27)17-10-3-4-11-18(17)23(29)30/h3-14,19H,2H2,1H3,(H,25,27)(H,29,30)(H,24,26,28). The number of pyridine rings is 1. The Morgan fingerprint density at radius 2 is 1.71 bits per heavy atom. The highest BCUT2D eigenvalue weighted by atomic mass is 32.2. The Kier molecular flexibility index (Phi) is 7.40. The number of nitrogens with zero attached hydrogens (tertiary/aromatic N) is 1. The number of rotatable bonds is 8. The zero-order valence-corrected chi connectivity index (χ0v) is 17.6. The fourth-order valence-electron chi connectivity index (χ4n) is 2.84. The molecule has 0 aliphatic carbocycles. The summed E-state index contributed by atoms with van der Waals surface area (Å²) in [4.78, 5) is 41.4. The number of hydrogen-bond donors (Lipinski definition) is 3. The average Bonchev–Trinajstić information content (AvgIpc) is 2.78. The number of amides is 2. The van der Waals surface area contributed by atoms with E-state index < -0.39 is 11.9 Å². The topological polar surface area (TPSA) is 108 Å². The van der Waals surface area contributed by atoms with Gasteiger partial charge in [-0.05, 0) is 48.9 Å². The molecule has 2 amide bonds. The monoisotopic (exact) mass is 435 g/mol. The fourth-order valence-corrected chi connectivity index (χ4v) is 3.86. The summed E-state index contributed by atoms with van der Waals surface area (Å²) in [6.07, 6.45) is 2.21. The highest BCUT2D eigenvalue weighted by Gasteiger charge is 2.19. The van der Waals surface area contributed by atoms with E-state index in [0.29, 0.717) is 17.9 Å². The van der Waals surface area contributed by atoms with Crippen molar-refractivity contribution in [2.45, 2.75) is 23.5 Å². The molecule has 0 radical (unpaired) electrons. The first-order valence-corrected chi connectivity index (χ1v) is 10.5. The van der Waals surface area contributed by atoms with Gasteiger partial charge in [0.2, 0.25) is 5.91 Å². The van der Waals surface area contributed by atoms with E-state index in [-0.39, 0.29) is 22.3 Å². The number of nitrogens with one attached hydrogen (secondary N) is 2. The van der Waals surface area contributed by atoms with Gasteiger partial charge in [0.1, 0.15) is 5.82 Å². The average molecular weight is 436 g/mol. The van der Waals surface area contributed by atoms with Gasteiger partial charge in [-0.3, -0.25) is 9.59 Å². The number of benzene rings is 2. The van der Waals surface area contributed by atoms with Gasteiger partial charge in [0, 0.05) is 16.8 Å². The molecule has 3 rings (SSSR count). The van der Waals surface area contributed by atoms with Crippen LogP contribution in [0.5, 0.6) is 0 Å². The second kappa shape index (κ2) is 10.4. The van der Waals surface area contributed by atoms with Crippen molar-refractivity contribution in [3.8, 4) is 0 Å². The molecular weight excluding hydrogens is 414 g/mol. The van der Waals surface area contributed by atoms with Gasteiger partial charge in [-0.1, -0.05) is 31.2 Å². The Morgan fingerprint density at radius 3 is 2.39 bits per heavy atom. The van der Waals surface area contributed by atoms with E-state index in [1.54, 1.807) is 54.7 Å². The van der Waals surface area contributed by atoms with Gasteiger partial charge in [0.25, 0.3) is 5.91 Å². The molecule has 1 unspecified atom stereocenters. The van der Waals surface area contributed by atoms with Crippen molar-refractivity contribution in [2.24, 2.45) is 0 Å². The molecule has 8 heteroatoms. The van der Waals surface area contributed by atoms with E-state index in [2.05, 4.69) is 15.6 Å². The Labute approximate surface area is 183 Å². The van der Waals surface area contributed by atoms with Crippen LogP contribution < -0.4 is 10.6 Å². The third-order valence-electron chi connectivity index (χ3n) is 4.35. The molecule has 0 saturated heterocycles. The molecule has 0 aliphatic heterocycles.